The summed E-state index contributed by atoms with van der Waals surface area (Å²) < 4.78 is 4.34. The molecule has 0 saturated heterocycles. The second-order valence-corrected chi connectivity index (χ2v) is 5.06. The van der Waals surface area contributed by atoms with Crippen molar-refractivity contribution in [2.24, 2.45) is 0 Å². The molecule has 0 radical (unpaired) electrons. The van der Waals surface area contributed by atoms with Crippen molar-refractivity contribution in [3.8, 4) is 34.1 Å². The predicted octanol–water partition coefficient (Wildman–Crippen LogP) is 3.62. The third-order valence-electron chi connectivity index (χ3n) is 2.94. The summed E-state index contributed by atoms with van der Waals surface area (Å²) >= 11 is 1.29. The first-order chi connectivity index (χ1) is 10.3. The standard InChI is InChI=1S/C16H8N4S/c17-9-11-4-6-13(7-5-11)15-19-16(21-20-15)14-3-1-2-12(8-14)10-18/h1-8H. The molecule has 1 aromatic heterocycles. The van der Waals surface area contributed by atoms with Gasteiger partial charge in [-0.1, -0.05) is 12.1 Å². The van der Waals surface area contributed by atoms with Crippen molar-refractivity contribution in [3.05, 3.63) is 59.7 Å². The highest BCUT2D eigenvalue weighted by molar-refractivity contribution is 7.09. The van der Waals surface area contributed by atoms with Crippen LogP contribution in [0.15, 0.2) is 48.5 Å². The molecule has 3 rings (SSSR count). The third-order valence-corrected chi connectivity index (χ3v) is 3.70. The lowest BCUT2D eigenvalue weighted by molar-refractivity contribution is 1.32. The molecule has 0 unspecified atom stereocenters. The van der Waals surface area contributed by atoms with E-state index in [0.29, 0.717) is 17.0 Å². The van der Waals surface area contributed by atoms with Crippen LogP contribution in [0.25, 0.3) is 22.0 Å². The van der Waals surface area contributed by atoms with Gasteiger partial charge in [0.2, 0.25) is 0 Å². The van der Waals surface area contributed by atoms with E-state index >= 15 is 0 Å². The van der Waals surface area contributed by atoms with E-state index in [1.807, 2.05) is 24.3 Å². The van der Waals surface area contributed by atoms with Crippen LogP contribution in [0.5, 0.6) is 0 Å². The number of aromatic nitrogens is 2. The summed E-state index contributed by atoms with van der Waals surface area (Å²) in [5, 5.41) is 18.5. The maximum atomic E-state index is 8.93. The van der Waals surface area contributed by atoms with E-state index in [1.54, 1.807) is 24.3 Å². The Kier molecular flexibility index (Phi) is 3.42. The van der Waals surface area contributed by atoms with Crippen LogP contribution >= 0.6 is 11.5 Å². The number of rotatable bonds is 2. The van der Waals surface area contributed by atoms with Gasteiger partial charge in [0.05, 0.1) is 23.3 Å². The lowest BCUT2D eigenvalue weighted by atomic mass is 10.1. The molecule has 0 N–H and O–H groups in total. The molecular weight excluding hydrogens is 280 g/mol. The van der Waals surface area contributed by atoms with Crippen molar-refractivity contribution in [3.63, 3.8) is 0 Å². The van der Waals surface area contributed by atoms with E-state index in [4.69, 9.17) is 10.5 Å². The summed E-state index contributed by atoms with van der Waals surface area (Å²) in [7, 11) is 0. The Morgan fingerprint density at radius 1 is 0.857 bits per heavy atom. The van der Waals surface area contributed by atoms with Crippen LogP contribution in [0.1, 0.15) is 11.1 Å². The Bertz CT molecular complexity index is 866. The highest BCUT2D eigenvalue weighted by Crippen LogP contribution is 2.26. The first kappa shape index (κ1) is 13.0. The summed E-state index contributed by atoms with van der Waals surface area (Å²) in [4.78, 5) is 4.50. The first-order valence-electron chi connectivity index (χ1n) is 6.15. The van der Waals surface area contributed by atoms with Gasteiger partial charge in [-0.05, 0) is 47.9 Å². The smallest absolute Gasteiger partial charge is 0.173 e. The first-order valence-corrected chi connectivity index (χ1v) is 6.92. The largest absolute Gasteiger partial charge is 0.215 e. The molecule has 4 nitrogen and oxygen atoms in total. The molecule has 0 aliphatic heterocycles. The zero-order valence-corrected chi connectivity index (χ0v) is 11.6. The summed E-state index contributed by atoms with van der Waals surface area (Å²) in [5.74, 6) is 0.627. The van der Waals surface area contributed by atoms with Gasteiger partial charge in [-0.3, -0.25) is 0 Å². The second kappa shape index (κ2) is 5.54. The summed E-state index contributed by atoms with van der Waals surface area (Å²) in [6.45, 7) is 0. The van der Waals surface area contributed by atoms with Crippen LogP contribution in [-0.4, -0.2) is 9.36 Å². The van der Waals surface area contributed by atoms with Crippen LogP contribution in [0.4, 0.5) is 0 Å². The van der Waals surface area contributed by atoms with Crippen molar-refractivity contribution >= 4 is 11.5 Å². The van der Waals surface area contributed by atoms with Gasteiger partial charge in [0.25, 0.3) is 0 Å². The fraction of sp³-hybridized carbons (Fsp3) is 0. The van der Waals surface area contributed by atoms with Crippen LogP contribution < -0.4 is 0 Å². The van der Waals surface area contributed by atoms with Gasteiger partial charge < -0.3 is 0 Å². The minimum absolute atomic E-state index is 0.600. The maximum absolute atomic E-state index is 8.93. The van der Waals surface area contributed by atoms with E-state index < -0.39 is 0 Å². The van der Waals surface area contributed by atoms with E-state index in [-0.39, 0.29) is 0 Å². The molecule has 0 aliphatic rings. The van der Waals surface area contributed by atoms with Gasteiger partial charge in [-0.2, -0.15) is 14.9 Å². The molecule has 0 atom stereocenters. The average molecular weight is 288 g/mol. The SMILES string of the molecule is N#Cc1ccc(-c2nsc(-c3cccc(C#N)c3)n2)cc1. The van der Waals surface area contributed by atoms with Gasteiger partial charge in [-0.25, -0.2) is 4.98 Å². The zero-order chi connectivity index (χ0) is 14.7. The normalized spacial score (nSPS) is 9.81. The van der Waals surface area contributed by atoms with Crippen molar-refractivity contribution < 1.29 is 0 Å². The van der Waals surface area contributed by atoms with E-state index in [0.717, 1.165) is 16.1 Å². The lowest BCUT2D eigenvalue weighted by Crippen LogP contribution is -1.83. The molecule has 0 amide bonds. The predicted molar refractivity (Wildman–Crippen MR) is 80.2 cm³/mol. The van der Waals surface area contributed by atoms with E-state index in [2.05, 4.69) is 21.5 Å². The Hall–Kier alpha value is -3.02. The molecule has 0 saturated carbocycles. The molecule has 5 heteroatoms. The minimum Gasteiger partial charge on any atom is -0.215 e. The van der Waals surface area contributed by atoms with Gasteiger partial charge in [0.15, 0.2) is 5.82 Å². The van der Waals surface area contributed by atoms with Crippen LogP contribution in [0, 0.1) is 22.7 Å². The lowest BCUT2D eigenvalue weighted by Gasteiger charge is -1.96. The summed E-state index contributed by atoms with van der Waals surface area (Å²) in [5.41, 5.74) is 2.96. The van der Waals surface area contributed by atoms with Gasteiger partial charge in [-0.15, -0.1) is 0 Å². The Morgan fingerprint density at radius 2 is 1.62 bits per heavy atom. The Labute approximate surface area is 125 Å². The molecule has 3 aromatic rings. The number of benzene rings is 2. The molecule has 0 fully saturated rings. The fourth-order valence-corrected chi connectivity index (χ4v) is 2.55. The third kappa shape index (κ3) is 2.64. The van der Waals surface area contributed by atoms with Crippen LogP contribution in [-0.2, 0) is 0 Å². The second-order valence-electron chi connectivity index (χ2n) is 4.30. The molecule has 21 heavy (non-hydrogen) atoms. The Balaban J connectivity index is 1.96. The molecule has 0 spiro atoms. The fourth-order valence-electron chi connectivity index (χ4n) is 1.87. The maximum Gasteiger partial charge on any atom is 0.173 e. The Morgan fingerprint density at radius 3 is 2.33 bits per heavy atom. The quantitative estimate of drug-likeness (QED) is 0.722. The molecular formula is C16H8N4S. The molecule has 2 aromatic carbocycles. The highest BCUT2D eigenvalue weighted by atomic mass is 32.1. The monoisotopic (exact) mass is 288 g/mol. The van der Waals surface area contributed by atoms with Gasteiger partial charge in [0, 0.05) is 11.1 Å². The van der Waals surface area contributed by atoms with Gasteiger partial charge in [0.1, 0.15) is 5.01 Å². The highest BCUT2D eigenvalue weighted by Gasteiger charge is 2.09. The van der Waals surface area contributed by atoms with Crippen LogP contribution in [0.2, 0.25) is 0 Å². The summed E-state index contributed by atoms with van der Waals surface area (Å²) in [6.07, 6.45) is 0. The average Bonchev–Trinajstić information content (AvgIpc) is 3.05. The summed E-state index contributed by atoms with van der Waals surface area (Å²) in [6, 6.07) is 18.6. The molecule has 0 bridgehead atoms. The molecule has 1 heterocycles. The number of hydrogen-bond donors (Lipinski definition) is 0. The molecule has 0 aliphatic carbocycles. The molecule has 98 valence electrons. The van der Waals surface area contributed by atoms with Crippen molar-refractivity contribution in [2.45, 2.75) is 0 Å². The van der Waals surface area contributed by atoms with Crippen molar-refractivity contribution in [2.75, 3.05) is 0 Å². The van der Waals surface area contributed by atoms with Gasteiger partial charge >= 0.3 is 0 Å². The van der Waals surface area contributed by atoms with Crippen molar-refractivity contribution in [1.82, 2.24) is 9.36 Å². The number of nitrogens with zero attached hydrogens (tertiary/aromatic N) is 4. The zero-order valence-electron chi connectivity index (χ0n) is 10.8. The van der Waals surface area contributed by atoms with E-state index in [1.165, 1.54) is 11.5 Å². The topological polar surface area (TPSA) is 73.4 Å². The number of hydrogen-bond acceptors (Lipinski definition) is 5. The van der Waals surface area contributed by atoms with Crippen molar-refractivity contribution in [1.29, 1.82) is 10.5 Å². The van der Waals surface area contributed by atoms with Crippen LogP contribution in [0.3, 0.4) is 0 Å². The number of nitriles is 2. The van der Waals surface area contributed by atoms with E-state index in [9.17, 15) is 0 Å². The minimum atomic E-state index is 0.600.